The normalized spacial score (nSPS) is 19.1. The van der Waals surface area contributed by atoms with Gasteiger partial charge in [0.15, 0.2) is 0 Å². The molecule has 8 heteroatoms. The van der Waals surface area contributed by atoms with Gasteiger partial charge in [0.25, 0.3) is 11.8 Å². The lowest BCUT2D eigenvalue weighted by atomic mass is 10.1. The highest BCUT2D eigenvalue weighted by atomic mass is 79.9. The fourth-order valence-electron chi connectivity index (χ4n) is 4.28. The van der Waals surface area contributed by atoms with Gasteiger partial charge in [-0.05, 0) is 78.5 Å². The second kappa shape index (κ2) is 8.04. The van der Waals surface area contributed by atoms with Crippen molar-refractivity contribution in [1.29, 1.82) is 0 Å². The molecule has 1 saturated heterocycles. The molecular formula is C22H21BrClN3O3. The van der Waals surface area contributed by atoms with Gasteiger partial charge in [0.05, 0.1) is 5.02 Å². The molecule has 2 heterocycles. The molecule has 4 rings (SSSR count). The molecule has 0 radical (unpaired) electrons. The first kappa shape index (κ1) is 20.9. The summed E-state index contributed by atoms with van der Waals surface area (Å²) in [7, 11) is 0. The zero-order valence-electron chi connectivity index (χ0n) is 16.7. The van der Waals surface area contributed by atoms with Crippen LogP contribution in [0.4, 0.5) is 4.79 Å². The Morgan fingerprint density at radius 1 is 1.13 bits per heavy atom. The van der Waals surface area contributed by atoms with E-state index in [1.54, 1.807) is 6.08 Å². The second-order valence-corrected chi connectivity index (χ2v) is 8.95. The third kappa shape index (κ3) is 3.61. The predicted octanol–water partition coefficient (Wildman–Crippen LogP) is 4.91. The van der Waals surface area contributed by atoms with Gasteiger partial charge in [-0.2, -0.15) is 0 Å². The minimum atomic E-state index is -0.657. The van der Waals surface area contributed by atoms with E-state index in [-0.39, 0.29) is 11.6 Å². The third-order valence-corrected chi connectivity index (χ3v) is 6.99. The lowest BCUT2D eigenvalue weighted by Gasteiger charge is -2.31. The number of urea groups is 1. The predicted molar refractivity (Wildman–Crippen MR) is 119 cm³/mol. The van der Waals surface area contributed by atoms with Gasteiger partial charge >= 0.3 is 6.03 Å². The summed E-state index contributed by atoms with van der Waals surface area (Å²) in [5, 5.41) is 2.91. The van der Waals surface area contributed by atoms with Gasteiger partial charge in [-0.15, -0.1) is 0 Å². The quantitative estimate of drug-likeness (QED) is 0.491. The van der Waals surface area contributed by atoms with Crippen LogP contribution >= 0.6 is 27.5 Å². The fourth-order valence-corrected chi connectivity index (χ4v) is 4.70. The van der Waals surface area contributed by atoms with Crippen LogP contribution in [-0.2, 0) is 9.59 Å². The Labute approximate surface area is 188 Å². The Hall–Kier alpha value is -2.38. The Balaban J connectivity index is 1.73. The molecule has 0 spiro atoms. The average Bonchev–Trinajstić information content (AvgIpc) is 3.29. The maximum Gasteiger partial charge on any atom is 0.331 e. The second-order valence-electron chi connectivity index (χ2n) is 7.69. The number of carbonyl (C=O) groups excluding carboxylic acids is 3. The number of nitrogens with one attached hydrogen (secondary N) is 1. The number of amides is 4. The number of hydrogen-bond acceptors (Lipinski definition) is 3. The molecule has 6 nitrogen and oxygen atoms in total. The van der Waals surface area contributed by atoms with Crippen molar-refractivity contribution < 1.29 is 14.4 Å². The summed E-state index contributed by atoms with van der Waals surface area (Å²) in [4.78, 5) is 39.0. The number of nitrogens with zero attached hydrogens (tertiary/aromatic N) is 2. The van der Waals surface area contributed by atoms with Crippen molar-refractivity contribution in [2.45, 2.75) is 45.6 Å². The van der Waals surface area contributed by atoms with Gasteiger partial charge in [0.1, 0.15) is 5.57 Å². The number of carbonyl (C=O) groups is 3. The molecule has 1 aliphatic heterocycles. The molecule has 1 saturated carbocycles. The van der Waals surface area contributed by atoms with Gasteiger partial charge < -0.3 is 4.57 Å². The van der Waals surface area contributed by atoms with Crippen LogP contribution in [0.3, 0.4) is 0 Å². The van der Waals surface area contributed by atoms with E-state index in [0.717, 1.165) is 52.8 Å². The maximum absolute atomic E-state index is 13.0. The van der Waals surface area contributed by atoms with Crippen molar-refractivity contribution in [1.82, 2.24) is 14.8 Å². The van der Waals surface area contributed by atoms with Crippen LogP contribution in [0.15, 0.2) is 34.3 Å². The van der Waals surface area contributed by atoms with Gasteiger partial charge in [-0.25, -0.2) is 4.79 Å². The smallest absolute Gasteiger partial charge is 0.318 e. The molecule has 2 aromatic rings. The van der Waals surface area contributed by atoms with Crippen LogP contribution < -0.4 is 5.32 Å². The number of rotatable bonds is 3. The first-order valence-corrected chi connectivity index (χ1v) is 11.0. The molecule has 156 valence electrons. The van der Waals surface area contributed by atoms with Crippen LogP contribution in [0.2, 0.25) is 5.02 Å². The highest BCUT2D eigenvalue weighted by Gasteiger charge is 2.40. The largest absolute Gasteiger partial charge is 0.331 e. The molecule has 30 heavy (non-hydrogen) atoms. The molecule has 2 fully saturated rings. The molecule has 4 amide bonds. The number of halogens is 2. The Kier molecular flexibility index (Phi) is 5.59. The van der Waals surface area contributed by atoms with E-state index >= 15 is 0 Å². The minimum Gasteiger partial charge on any atom is -0.318 e. The fraction of sp³-hybridized carbons (Fsp3) is 0.318. The van der Waals surface area contributed by atoms with Crippen LogP contribution in [0.5, 0.6) is 0 Å². The summed E-state index contributed by atoms with van der Waals surface area (Å²) in [5.74, 6) is -1.18. The monoisotopic (exact) mass is 489 g/mol. The van der Waals surface area contributed by atoms with Gasteiger partial charge in [0, 0.05) is 27.6 Å². The molecule has 0 atom stereocenters. The molecule has 0 bridgehead atoms. The van der Waals surface area contributed by atoms with Gasteiger partial charge in [-0.3, -0.25) is 19.8 Å². The SMILES string of the molecule is Cc1cc(/C=C2\C(=O)NC(=O)N(C3CCCC3)C2=O)c(C)n1-c1ccc(Br)c(Cl)c1. The van der Waals surface area contributed by atoms with Crippen LogP contribution in [0, 0.1) is 13.8 Å². The van der Waals surface area contributed by atoms with Crippen molar-refractivity contribution in [3.63, 3.8) is 0 Å². The van der Waals surface area contributed by atoms with E-state index in [1.165, 1.54) is 4.90 Å². The van der Waals surface area contributed by atoms with Crippen molar-refractivity contribution >= 4 is 51.5 Å². The zero-order chi connectivity index (χ0) is 21.6. The molecule has 1 N–H and O–H groups in total. The molecule has 1 aromatic heterocycles. The highest BCUT2D eigenvalue weighted by molar-refractivity contribution is 9.10. The molecular weight excluding hydrogens is 470 g/mol. The van der Waals surface area contributed by atoms with Crippen LogP contribution in [0.1, 0.15) is 42.6 Å². The van der Waals surface area contributed by atoms with E-state index < -0.39 is 17.8 Å². The first-order valence-electron chi connectivity index (χ1n) is 9.83. The summed E-state index contributed by atoms with van der Waals surface area (Å²) in [6.07, 6.45) is 5.08. The Morgan fingerprint density at radius 2 is 1.83 bits per heavy atom. The van der Waals surface area contributed by atoms with Crippen LogP contribution in [-0.4, -0.2) is 33.4 Å². The van der Waals surface area contributed by atoms with E-state index in [4.69, 9.17) is 11.6 Å². The summed E-state index contributed by atoms with van der Waals surface area (Å²) >= 11 is 9.65. The summed E-state index contributed by atoms with van der Waals surface area (Å²) in [6, 6.07) is 6.80. The highest BCUT2D eigenvalue weighted by Crippen LogP contribution is 2.30. The Bertz CT molecular complexity index is 1100. The average molecular weight is 491 g/mol. The standard InChI is InChI=1S/C22H21BrClN3O3/c1-12-9-14(13(2)26(12)16-7-8-18(23)19(24)11-16)10-17-20(28)25-22(30)27(21(17)29)15-5-3-4-6-15/h7-11,15H,3-6H2,1-2H3,(H,25,28,30)/b17-10+. The molecule has 1 aliphatic carbocycles. The summed E-state index contributed by atoms with van der Waals surface area (Å²) < 4.78 is 2.81. The van der Waals surface area contributed by atoms with E-state index in [0.29, 0.717) is 5.02 Å². The lowest BCUT2D eigenvalue weighted by molar-refractivity contribution is -0.131. The van der Waals surface area contributed by atoms with E-state index in [1.807, 2.05) is 42.7 Å². The number of aromatic nitrogens is 1. The number of benzene rings is 1. The van der Waals surface area contributed by atoms with E-state index in [9.17, 15) is 14.4 Å². The maximum atomic E-state index is 13.0. The third-order valence-electron chi connectivity index (χ3n) is 5.75. The van der Waals surface area contributed by atoms with Crippen molar-refractivity contribution in [2.75, 3.05) is 0 Å². The Morgan fingerprint density at radius 3 is 2.50 bits per heavy atom. The first-order chi connectivity index (χ1) is 14.3. The number of hydrogen-bond donors (Lipinski definition) is 1. The van der Waals surface area contributed by atoms with Crippen molar-refractivity contribution in [3.05, 3.63) is 56.3 Å². The topological polar surface area (TPSA) is 71.4 Å². The van der Waals surface area contributed by atoms with E-state index in [2.05, 4.69) is 21.2 Å². The van der Waals surface area contributed by atoms with Gasteiger partial charge in [-0.1, -0.05) is 24.4 Å². The molecule has 0 unspecified atom stereocenters. The van der Waals surface area contributed by atoms with Crippen LogP contribution in [0.25, 0.3) is 11.8 Å². The summed E-state index contributed by atoms with van der Waals surface area (Å²) in [6.45, 7) is 3.86. The summed E-state index contributed by atoms with van der Waals surface area (Å²) in [5.41, 5.74) is 3.40. The number of aryl methyl sites for hydroxylation is 1. The molecule has 2 aliphatic rings. The van der Waals surface area contributed by atoms with Gasteiger partial charge in [0.2, 0.25) is 0 Å². The number of imide groups is 2. The van der Waals surface area contributed by atoms with Crippen molar-refractivity contribution in [3.8, 4) is 5.69 Å². The van der Waals surface area contributed by atoms with Crippen molar-refractivity contribution in [2.24, 2.45) is 0 Å². The lowest BCUT2D eigenvalue weighted by Crippen LogP contribution is -2.57. The minimum absolute atomic E-state index is 0.0180. The zero-order valence-corrected chi connectivity index (χ0v) is 19.0. The molecule has 1 aromatic carbocycles. The number of barbiturate groups is 1.